The average molecular weight is 457 g/mol. The Kier molecular flexibility index (Phi) is 6.83. The summed E-state index contributed by atoms with van der Waals surface area (Å²) in [5.41, 5.74) is 3.41. The molecule has 172 valence electrons. The molecule has 34 heavy (non-hydrogen) atoms. The van der Waals surface area contributed by atoms with Crippen LogP contribution in [0.3, 0.4) is 0 Å². The Labute approximate surface area is 196 Å². The average Bonchev–Trinajstić information content (AvgIpc) is 3.33. The number of aromatic nitrogens is 2. The van der Waals surface area contributed by atoms with E-state index in [1.54, 1.807) is 30.1 Å². The number of amides is 1. The maximum Gasteiger partial charge on any atom is 0.269 e. The number of non-ortho nitro benzene ring substituents is 1. The molecule has 0 saturated heterocycles. The summed E-state index contributed by atoms with van der Waals surface area (Å²) in [7, 11) is 1.60. The molecule has 2 N–H and O–H groups in total. The van der Waals surface area contributed by atoms with Crippen molar-refractivity contribution in [2.45, 2.75) is 0 Å². The van der Waals surface area contributed by atoms with E-state index in [4.69, 9.17) is 4.74 Å². The first kappa shape index (κ1) is 22.5. The number of methoxy groups -OCH3 is 1. The van der Waals surface area contributed by atoms with Gasteiger partial charge in [-0.3, -0.25) is 14.9 Å². The third kappa shape index (κ3) is 5.21. The van der Waals surface area contributed by atoms with Crippen LogP contribution in [-0.2, 0) is 0 Å². The number of nitro benzene ring substituents is 1. The van der Waals surface area contributed by atoms with Gasteiger partial charge in [0.15, 0.2) is 0 Å². The standard InChI is InChI=1S/C25H23N5O4/c1-34-22-13-7-18(8-14-22)24-23(17-29(28-24)20-5-3-2-4-6-20)25(31)27-16-15-26-19-9-11-21(12-10-19)30(32)33/h2-14,17,26H,15-16H2,1H3,(H,27,31). The predicted octanol–water partition coefficient (Wildman–Crippen LogP) is 4.30. The van der Waals surface area contributed by atoms with Gasteiger partial charge in [-0.25, -0.2) is 4.68 Å². The largest absolute Gasteiger partial charge is 0.497 e. The highest BCUT2D eigenvalue weighted by Gasteiger charge is 2.18. The van der Waals surface area contributed by atoms with Gasteiger partial charge >= 0.3 is 0 Å². The van der Waals surface area contributed by atoms with Gasteiger partial charge in [0, 0.05) is 42.7 Å². The van der Waals surface area contributed by atoms with Crippen LogP contribution in [0.25, 0.3) is 16.9 Å². The highest BCUT2D eigenvalue weighted by Crippen LogP contribution is 2.26. The third-order valence-electron chi connectivity index (χ3n) is 5.16. The Hall–Kier alpha value is -4.66. The van der Waals surface area contributed by atoms with Crippen LogP contribution in [0.1, 0.15) is 10.4 Å². The lowest BCUT2D eigenvalue weighted by molar-refractivity contribution is -0.384. The summed E-state index contributed by atoms with van der Waals surface area (Å²) in [5.74, 6) is 0.466. The van der Waals surface area contributed by atoms with Crippen molar-refractivity contribution in [3.63, 3.8) is 0 Å². The molecule has 1 heterocycles. The number of rotatable bonds is 9. The number of benzene rings is 3. The molecule has 0 fully saturated rings. The number of carbonyl (C=O) groups excluding carboxylic acids is 1. The van der Waals surface area contributed by atoms with Crippen LogP contribution < -0.4 is 15.4 Å². The molecule has 0 aliphatic carbocycles. The number of nitrogens with zero attached hydrogens (tertiary/aromatic N) is 3. The molecule has 0 unspecified atom stereocenters. The van der Waals surface area contributed by atoms with Crippen LogP contribution in [0.15, 0.2) is 85.1 Å². The van der Waals surface area contributed by atoms with E-state index >= 15 is 0 Å². The van der Waals surface area contributed by atoms with E-state index < -0.39 is 4.92 Å². The molecule has 0 atom stereocenters. The van der Waals surface area contributed by atoms with Crippen molar-refractivity contribution in [1.29, 1.82) is 0 Å². The Morgan fingerprint density at radius 3 is 2.35 bits per heavy atom. The summed E-state index contributed by atoms with van der Waals surface area (Å²) in [6, 6.07) is 23.1. The first-order valence-corrected chi connectivity index (χ1v) is 10.6. The molecular weight excluding hydrogens is 434 g/mol. The molecule has 0 aliphatic heterocycles. The van der Waals surface area contributed by atoms with Gasteiger partial charge < -0.3 is 15.4 Å². The first-order valence-electron chi connectivity index (χ1n) is 10.6. The highest BCUT2D eigenvalue weighted by molar-refractivity contribution is 6.00. The minimum atomic E-state index is -0.444. The number of ether oxygens (including phenoxy) is 1. The Bertz CT molecular complexity index is 1270. The van der Waals surface area contributed by atoms with Crippen LogP contribution in [0.4, 0.5) is 11.4 Å². The molecule has 3 aromatic carbocycles. The third-order valence-corrected chi connectivity index (χ3v) is 5.16. The summed E-state index contributed by atoms with van der Waals surface area (Å²) in [4.78, 5) is 23.4. The van der Waals surface area contributed by atoms with Crippen LogP contribution in [-0.4, -0.2) is 40.8 Å². The minimum Gasteiger partial charge on any atom is -0.497 e. The number of nitrogens with one attached hydrogen (secondary N) is 2. The molecule has 9 nitrogen and oxygen atoms in total. The zero-order valence-electron chi connectivity index (χ0n) is 18.5. The first-order chi connectivity index (χ1) is 16.5. The molecule has 4 rings (SSSR count). The van der Waals surface area contributed by atoms with E-state index in [0.29, 0.717) is 24.3 Å². The molecule has 0 bridgehead atoms. The van der Waals surface area contributed by atoms with Gasteiger partial charge in [-0.15, -0.1) is 0 Å². The SMILES string of the molecule is COc1ccc(-c2nn(-c3ccccc3)cc2C(=O)NCCNc2ccc([N+](=O)[O-])cc2)cc1. The van der Waals surface area contributed by atoms with Gasteiger partial charge in [-0.1, -0.05) is 18.2 Å². The lowest BCUT2D eigenvalue weighted by Crippen LogP contribution is -2.28. The Balaban J connectivity index is 1.48. The normalized spacial score (nSPS) is 10.5. The van der Waals surface area contributed by atoms with E-state index in [1.165, 1.54) is 12.1 Å². The molecule has 1 aromatic heterocycles. The van der Waals surface area contributed by atoms with Crippen LogP contribution in [0.5, 0.6) is 5.75 Å². The quantitative estimate of drug-likeness (QED) is 0.220. The maximum absolute atomic E-state index is 13.0. The van der Waals surface area contributed by atoms with Gasteiger partial charge in [0.25, 0.3) is 11.6 Å². The predicted molar refractivity (Wildman–Crippen MR) is 129 cm³/mol. The molecule has 0 aliphatic rings. The maximum atomic E-state index is 13.0. The van der Waals surface area contributed by atoms with Crippen molar-refractivity contribution >= 4 is 17.3 Å². The van der Waals surface area contributed by atoms with Crippen molar-refractivity contribution in [2.75, 3.05) is 25.5 Å². The van der Waals surface area contributed by atoms with E-state index in [0.717, 1.165) is 22.7 Å². The molecular formula is C25H23N5O4. The number of carbonyl (C=O) groups is 1. The lowest BCUT2D eigenvalue weighted by atomic mass is 10.1. The van der Waals surface area contributed by atoms with Crippen molar-refractivity contribution in [3.05, 3.63) is 101 Å². The van der Waals surface area contributed by atoms with E-state index in [1.807, 2.05) is 54.6 Å². The zero-order valence-corrected chi connectivity index (χ0v) is 18.5. The Morgan fingerprint density at radius 1 is 1.00 bits per heavy atom. The molecule has 4 aromatic rings. The molecule has 9 heteroatoms. The Morgan fingerprint density at radius 2 is 1.71 bits per heavy atom. The number of hydrogen-bond donors (Lipinski definition) is 2. The topological polar surface area (TPSA) is 111 Å². The van der Waals surface area contributed by atoms with Gasteiger partial charge in [0.1, 0.15) is 11.4 Å². The molecule has 0 spiro atoms. The summed E-state index contributed by atoms with van der Waals surface area (Å²) < 4.78 is 6.92. The van der Waals surface area contributed by atoms with Gasteiger partial charge in [0.2, 0.25) is 0 Å². The number of para-hydroxylation sites is 1. The van der Waals surface area contributed by atoms with Crippen LogP contribution in [0, 0.1) is 10.1 Å². The molecule has 1 amide bonds. The van der Waals surface area contributed by atoms with Gasteiger partial charge in [-0.2, -0.15) is 5.10 Å². The van der Waals surface area contributed by atoms with Crippen LogP contribution in [0.2, 0.25) is 0 Å². The smallest absolute Gasteiger partial charge is 0.269 e. The van der Waals surface area contributed by atoms with E-state index in [2.05, 4.69) is 15.7 Å². The fraction of sp³-hybridized carbons (Fsp3) is 0.120. The van der Waals surface area contributed by atoms with Crippen molar-refractivity contribution in [1.82, 2.24) is 15.1 Å². The van der Waals surface area contributed by atoms with Gasteiger partial charge in [0.05, 0.1) is 23.3 Å². The van der Waals surface area contributed by atoms with Gasteiger partial charge in [-0.05, 0) is 48.5 Å². The molecule has 0 saturated carbocycles. The van der Waals surface area contributed by atoms with E-state index in [9.17, 15) is 14.9 Å². The lowest BCUT2D eigenvalue weighted by Gasteiger charge is -2.08. The van der Waals surface area contributed by atoms with Crippen LogP contribution >= 0.6 is 0 Å². The second-order valence-corrected chi connectivity index (χ2v) is 7.39. The summed E-state index contributed by atoms with van der Waals surface area (Å²) in [5, 5.41) is 21.5. The second-order valence-electron chi connectivity index (χ2n) is 7.39. The summed E-state index contributed by atoms with van der Waals surface area (Å²) in [6.45, 7) is 0.808. The number of nitro groups is 1. The zero-order chi connectivity index (χ0) is 23.9. The number of hydrogen-bond acceptors (Lipinski definition) is 6. The monoisotopic (exact) mass is 457 g/mol. The fourth-order valence-electron chi connectivity index (χ4n) is 3.39. The van der Waals surface area contributed by atoms with Crippen molar-refractivity contribution in [3.8, 4) is 22.7 Å². The van der Waals surface area contributed by atoms with Crippen molar-refractivity contribution < 1.29 is 14.5 Å². The molecule has 0 radical (unpaired) electrons. The number of anilines is 1. The highest BCUT2D eigenvalue weighted by atomic mass is 16.6. The fourth-order valence-corrected chi connectivity index (χ4v) is 3.39. The summed E-state index contributed by atoms with van der Waals surface area (Å²) in [6.07, 6.45) is 1.72. The second kappa shape index (κ2) is 10.3. The van der Waals surface area contributed by atoms with E-state index in [-0.39, 0.29) is 11.6 Å². The summed E-state index contributed by atoms with van der Waals surface area (Å²) >= 11 is 0. The van der Waals surface area contributed by atoms with Crippen molar-refractivity contribution in [2.24, 2.45) is 0 Å². The minimum absolute atomic E-state index is 0.0281.